The van der Waals surface area contributed by atoms with Crippen LogP contribution in [-0.2, 0) is 0 Å². The van der Waals surface area contributed by atoms with Crippen LogP contribution in [0.2, 0.25) is 0 Å². The van der Waals surface area contributed by atoms with Crippen molar-refractivity contribution in [1.82, 2.24) is 9.55 Å². The van der Waals surface area contributed by atoms with Crippen molar-refractivity contribution in [2.75, 3.05) is 14.2 Å². The number of aromatic nitrogens is 2. The van der Waals surface area contributed by atoms with Crippen LogP contribution in [0, 0.1) is 6.92 Å². The smallest absolute Gasteiger partial charge is 0.344 e. The van der Waals surface area contributed by atoms with E-state index < -0.39 is 23.0 Å². The van der Waals surface area contributed by atoms with E-state index in [2.05, 4.69) is 4.98 Å². The van der Waals surface area contributed by atoms with Crippen molar-refractivity contribution >= 4 is 27.8 Å². The largest absolute Gasteiger partial charge is 0.497 e. The maximum Gasteiger partial charge on any atom is 0.344 e. The maximum absolute atomic E-state index is 13.7. The van der Waals surface area contributed by atoms with E-state index in [1.807, 2.05) is 0 Å². The first-order valence-electron chi connectivity index (χ1n) is 11.3. The van der Waals surface area contributed by atoms with E-state index in [4.69, 9.17) is 23.0 Å². The highest BCUT2D eigenvalue weighted by molar-refractivity contribution is 6.04. The summed E-state index contributed by atoms with van der Waals surface area (Å²) in [5.41, 5.74) is 0.0362. The summed E-state index contributed by atoms with van der Waals surface area (Å²) < 4.78 is 29.4. The molecular formula is C27H20N2O8. The summed E-state index contributed by atoms with van der Waals surface area (Å²) in [7, 11) is 3.03. The van der Waals surface area contributed by atoms with Gasteiger partial charge in [-0.05, 0) is 30.7 Å². The molecule has 0 saturated heterocycles. The minimum absolute atomic E-state index is 0.00504. The average molecular weight is 500 g/mol. The number of aryl methyl sites for hydroxylation is 1. The number of nitrogens with zero attached hydrogens (tertiary/aromatic N) is 2. The first-order valence-corrected chi connectivity index (χ1v) is 11.3. The predicted molar refractivity (Wildman–Crippen MR) is 132 cm³/mol. The molecule has 37 heavy (non-hydrogen) atoms. The summed E-state index contributed by atoms with van der Waals surface area (Å²) in [4.78, 5) is 44.0. The third-order valence-electron chi connectivity index (χ3n) is 6.56. The van der Waals surface area contributed by atoms with Gasteiger partial charge in [-0.2, -0.15) is 4.98 Å². The summed E-state index contributed by atoms with van der Waals surface area (Å²) in [6, 6.07) is 10.2. The van der Waals surface area contributed by atoms with Gasteiger partial charge >= 0.3 is 5.63 Å². The Labute approximate surface area is 208 Å². The van der Waals surface area contributed by atoms with Crippen molar-refractivity contribution in [2.45, 2.75) is 19.8 Å². The van der Waals surface area contributed by atoms with Crippen LogP contribution in [0.5, 0.6) is 23.1 Å². The monoisotopic (exact) mass is 500 g/mol. The first-order chi connectivity index (χ1) is 17.8. The third-order valence-corrected chi connectivity index (χ3v) is 6.56. The van der Waals surface area contributed by atoms with Gasteiger partial charge < -0.3 is 23.0 Å². The Morgan fingerprint density at radius 1 is 1.03 bits per heavy atom. The van der Waals surface area contributed by atoms with Gasteiger partial charge in [0.05, 0.1) is 42.9 Å². The van der Waals surface area contributed by atoms with Crippen LogP contribution < -0.4 is 25.4 Å². The quantitative estimate of drug-likeness (QED) is 0.326. The van der Waals surface area contributed by atoms with Gasteiger partial charge in [0.15, 0.2) is 5.75 Å². The van der Waals surface area contributed by atoms with Gasteiger partial charge in [-0.1, -0.05) is 12.1 Å². The van der Waals surface area contributed by atoms with Gasteiger partial charge in [-0.15, -0.1) is 0 Å². The zero-order valence-electron chi connectivity index (χ0n) is 20.3. The Hall–Kier alpha value is -4.86. The molecule has 186 valence electrons. The van der Waals surface area contributed by atoms with Gasteiger partial charge in [0.25, 0.3) is 5.56 Å². The van der Waals surface area contributed by atoms with E-state index in [0.717, 1.165) is 4.57 Å². The van der Waals surface area contributed by atoms with Crippen molar-refractivity contribution in [1.29, 1.82) is 0 Å². The first kappa shape index (κ1) is 22.6. The lowest BCUT2D eigenvalue weighted by atomic mass is 9.84. The average Bonchev–Trinajstić information content (AvgIpc) is 3.34. The molecule has 5 aromatic rings. The molecule has 0 bridgehead atoms. The van der Waals surface area contributed by atoms with Crippen molar-refractivity contribution in [3.63, 3.8) is 0 Å². The highest BCUT2D eigenvalue weighted by Crippen LogP contribution is 2.50. The molecular weight excluding hydrogens is 480 g/mol. The SMILES string of the molecule is COc1ccc(C2c3c(c4c(OC)c5ccoc5cc4oc3=O)Oc3nc(C)n(C(C)=O)c(=O)c32)cc1. The molecule has 10 heteroatoms. The molecule has 0 N–H and O–H groups in total. The minimum Gasteiger partial charge on any atom is -0.497 e. The van der Waals surface area contributed by atoms with Crippen LogP contribution in [0.3, 0.4) is 0 Å². The molecule has 0 saturated carbocycles. The topological polar surface area (TPSA) is 123 Å². The van der Waals surface area contributed by atoms with Gasteiger partial charge in [0.2, 0.25) is 11.8 Å². The third kappa shape index (κ3) is 3.18. The van der Waals surface area contributed by atoms with Crippen LogP contribution >= 0.6 is 0 Å². The lowest BCUT2D eigenvalue weighted by Crippen LogP contribution is -2.35. The van der Waals surface area contributed by atoms with E-state index in [0.29, 0.717) is 33.4 Å². The lowest BCUT2D eigenvalue weighted by molar-refractivity contribution is 0.0927. The Morgan fingerprint density at radius 2 is 1.78 bits per heavy atom. The number of methoxy groups -OCH3 is 2. The lowest BCUT2D eigenvalue weighted by Gasteiger charge is -2.28. The standard InChI is InChI=1S/C27H20N2O8/c1-12-28-25-22(26(31)29(12)13(2)30)19(14-5-7-15(33-3)8-6-14)21-24(37-25)20-18(36-27(21)32)11-17-16(9-10-35-17)23(20)34-4/h5-11,19H,1-4H3. The molecule has 6 rings (SSSR count). The van der Waals surface area contributed by atoms with Crippen molar-refractivity contribution in [3.8, 4) is 23.1 Å². The number of fused-ring (bicyclic) bond motifs is 5. The highest BCUT2D eigenvalue weighted by Gasteiger charge is 2.39. The van der Waals surface area contributed by atoms with E-state index in [9.17, 15) is 14.4 Å². The summed E-state index contributed by atoms with van der Waals surface area (Å²) in [6.07, 6.45) is 1.50. The summed E-state index contributed by atoms with van der Waals surface area (Å²) >= 11 is 0. The van der Waals surface area contributed by atoms with Crippen LogP contribution in [0.1, 0.15) is 40.2 Å². The number of benzene rings is 2. The van der Waals surface area contributed by atoms with Crippen LogP contribution in [0.15, 0.2) is 61.1 Å². The Bertz CT molecular complexity index is 1860. The van der Waals surface area contributed by atoms with Crippen LogP contribution in [-0.4, -0.2) is 29.7 Å². The maximum atomic E-state index is 13.7. The van der Waals surface area contributed by atoms with Gasteiger partial charge in [-0.3, -0.25) is 9.59 Å². The van der Waals surface area contributed by atoms with Gasteiger partial charge in [0, 0.05) is 13.0 Å². The number of furan rings is 1. The second-order valence-corrected chi connectivity index (χ2v) is 8.59. The van der Waals surface area contributed by atoms with E-state index in [1.165, 1.54) is 34.3 Å². The fourth-order valence-corrected chi connectivity index (χ4v) is 4.99. The zero-order chi connectivity index (χ0) is 26.0. The molecule has 1 aliphatic heterocycles. The minimum atomic E-state index is -0.943. The number of hydrogen-bond acceptors (Lipinski definition) is 9. The highest BCUT2D eigenvalue weighted by atomic mass is 16.5. The summed E-state index contributed by atoms with van der Waals surface area (Å²) in [6.45, 7) is 2.81. The molecule has 0 spiro atoms. The van der Waals surface area contributed by atoms with Crippen LogP contribution in [0.4, 0.5) is 0 Å². The van der Waals surface area contributed by atoms with Crippen molar-refractivity contribution < 1.29 is 27.8 Å². The van der Waals surface area contributed by atoms with E-state index >= 15 is 0 Å². The molecule has 3 aromatic heterocycles. The summed E-state index contributed by atoms with van der Waals surface area (Å²) in [5.74, 6) is -0.167. The number of carbonyl (C=O) groups is 1. The molecule has 4 heterocycles. The molecule has 0 radical (unpaired) electrons. The fourth-order valence-electron chi connectivity index (χ4n) is 4.99. The molecule has 2 aromatic carbocycles. The van der Waals surface area contributed by atoms with Crippen molar-refractivity contribution in [3.05, 3.63) is 86.0 Å². The molecule has 0 aliphatic carbocycles. The van der Waals surface area contributed by atoms with Gasteiger partial charge in [0.1, 0.15) is 33.9 Å². The summed E-state index contributed by atoms with van der Waals surface area (Å²) in [5, 5.41) is 1.04. The molecule has 0 fully saturated rings. The van der Waals surface area contributed by atoms with Crippen LogP contribution in [0.25, 0.3) is 21.9 Å². The Morgan fingerprint density at radius 3 is 2.46 bits per heavy atom. The molecule has 10 nitrogen and oxygen atoms in total. The fraction of sp³-hybridized carbons (Fsp3) is 0.185. The second kappa shape index (κ2) is 8.09. The number of rotatable bonds is 3. The number of hydrogen-bond donors (Lipinski definition) is 0. The Balaban J connectivity index is 1.77. The van der Waals surface area contributed by atoms with E-state index in [1.54, 1.807) is 36.4 Å². The normalized spacial score (nSPS) is 14.2. The van der Waals surface area contributed by atoms with Gasteiger partial charge in [-0.25, -0.2) is 9.36 Å². The molecule has 0 amide bonds. The number of ether oxygens (including phenoxy) is 3. The molecule has 1 aliphatic rings. The number of carbonyl (C=O) groups excluding carboxylic acids is 1. The Kier molecular flexibility index (Phi) is 4.94. The van der Waals surface area contributed by atoms with E-state index in [-0.39, 0.29) is 34.2 Å². The molecule has 1 unspecified atom stereocenters. The molecule has 1 atom stereocenters. The second-order valence-electron chi connectivity index (χ2n) is 8.59. The predicted octanol–water partition coefficient (Wildman–Crippen LogP) is 4.37. The zero-order valence-corrected chi connectivity index (χ0v) is 20.3. The van der Waals surface area contributed by atoms with Crippen molar-refractivity contribution in [2.24, 2.45) is 0 Å².